The average molecular weight is 286 g/mol. The molecule has 102 valence electrons. The topological polar surface area (TPSA) is 35.5 Å². The van der Waals surface area contributed by atoms with E-state index < -0.39 is 0 Å². The van der Waals surface area contributed by atoms with Gasteiger partial charge in [0.2, 0.25) is 0 Å². The minimum atomic E-state index is -0.00498. The van der Waals surface area contributed by atoms with Crippen LogP contribution in [0.1, 0.15) is 15.9 Å². The van der Waals surface area contributed by atoms with Crippen LogP contribution in [0.2, 0.25) is 0 Å². The molecule has 1 heterocycles. The third-order valence-corrected chi connectivity index (χ3v) is 3.90. The second-order valence-corrected chi connectivity index (χ2v) is 5.30. The summed E-state index contributed by atoms with van der Waals surface area (Å²) < 4.78 is 11.0. The van der Waals surface area contributed by atoms with E-state index in [1.54, 1.807) is 30.0 Å². The van der Waals surface area contributed by atoms with Gasteiger partial charge in [-0.15, -0.1) is 11.8 Å². The number of benzene rings is 2. The summed E-state index contributed by atoms with van der Waals surface area (Å²) in [4.78, 5) is 13.6. The van der Waals surface area contributed by atoms with E-state index in [1.165, 1.54) is 0 Å². The Morgan fingerprint density at radius 1 is 0.950 bits per heavy atom. The predicted molar refractivity (Wildman–Crippen MR) is 79.1 cm³/mol. The Morgan fingerprint density at radius 2 is 1.60 bits per heavy atom. The number of thioether (sulfide) groups is 1. The molecule has 2 aromatic rings. The number of hydrogen-bond acceptors (Lipinski definition) is 4. The zero-order chi connectivity index (χ0) is 13.9. The second-order valence-electron chi connectivity index (χ2n) is 4.42. The summed E-state index contributed by atoms with van der Waals surface area (Å²) in [6, 6.07) is 12.9. The minimum Gasteiger partial charge on any atom is -0.486 e. The van der Waals surface area contributed by atoms with Gasteiger partial charge in [0, 0.05) is 16.0 Å². The summed E-state index contributed by atoms with van der Waals surface area (Å²) in [6.45, 7) is 1.07. The van der Waals surface area contributed by atoms with E-state index >= 15 is 0 Å². The fraction of sp³-hybridized carbons (Fsp3) is 0.188. The van der Waals surface area contributed by atoms with Gasteiger partial charge >= 0.3 is 0 Å². The van der Waals surface area contributed by atoms with Crippen LogP contribution in [0, 0.1) is 0 Å². The van der Waals surface area contributed by atoms with Crippen molar-refractivity contribution in [2.75, 3.05) is 19.5 Å². The SMILES string of the molecule is CSc1ccc(C(=O)c2ccc3c(c2)OCCO3)cc1. The van der Waals surface area contributed by atoms with Crippen molar-refractivity contribution < 1.29 is 14.3 Å². The van der Waals surface area contributed by atoms with Crippen molar-refractivity contribution >= 4 is 17.5 Å². The Hall–Kier alpha value is -1.94. The summed E-state index contributed by atoms with van der Waals surface area (Å²) in [6.07, 6.45) is 2.01. The van der Waals surface area contributed by atoms with Gasteiger partial charge in [0.1, 0.15) is 13.2 Å². The standard InChI is InChI=1S/C16H14O3S/c1-20-13-5-2-11(3-6-13)16(17)12-4-7-14-15(10-12)19-9-8-18-14/h2-7,10H,8-9H2,1H3. The molecule has 0 unspecified atom stereocenters. The minimum absolute atomic E-state index is 0.00498. The lowest BCUT2D eigenvalue weighted by Crippen LogP contribution is -2.15. The molecule has 2 aromatic carbocycles. The Morgan fingerprint density at radius 3 is 2.30 bits per heavy atom. The van der Waals surface area contributed by atoms with Crippen LogP contribution in [0.5, 0.6) is 11.5 Å². The normalized spacial score (nSPS) is 13.1. The summed E-state index contributed by atoms with van der Waals surface area (Å²) >= 11 is 1.66. The number of rotatable bonds is 3. The number of carbonyl (C=O) groups excluding carboxylic acids is 1. The zero-order valence-electron chi connectivity index (χ0n) is 11.1. The fourth-order valence-corrected chi connectivity index (χ4v) is 2.50. The monoisotopic (exact) mass is 286 g/mol. The van der Waals surface area contributed by atoms with E-state index in [1.807, 2.05) is 30.5 Å². The van der Waals surface area contributed by atoms with E-state index in [0.29, 0.717) is 35.8 Å². The van der Waals surface area contributed by atoms with Crippen LogP contribution in [0.4, 0.5) is 0 Å². The van der Waals surface area contributed by atoms with Gasteiger partial charge in [0.15, 0.2) is 17.3 Å². The Kier molecular flexibility index (Phi) is 3.65. The number of fused-ring (bicyclic) bond motifs is 1. The molecule has 0 radical (unpaired) electrons. The molecule has 0 aliphatic carbocycles. The lowest BCUT2D eigenvalue weighted by molar-refractivity contribution is 0.103. The molecule has 0 aromatic heterocycles. The van der Waals surface area contributed by atoms with Crippen molar-refractivity contribution in [3.05, 3.63) is 53.6 Å². The number of ketones is 1. The van der Waals surface area contributed by atoms with Gasteiger partial charge in [-0.1, -0.05) is 0 Å². The molecule has 0 saturated heterocycles. The Balaban J connectivity index is 1.89. The molecule has 0 atom stereocenters. The first-order chi connectivity index (χ1) is 9.78. The molecule has 20 heavy (non-hydrogen) atoms. The Bertz CT molecular complexity index is 635. The van der Waals surface area contributed by atoms with Crippen molar-refractivity contribution in [2.24, 2.45) is 0 Å². The van der Waals surface area contributed by atoms with Crippen LogP contribution >= 0.6 is 11.8 Å². The summed E-state index contributed by atoms with van der Waals surface area (Å²) in [5, 5.41) is 0. The zero-order valence-corrected chi connectivity index (χ0v) is 11.9. The maximum atomic E-state index is 12.4. The van der Waals surface area contributed by atoms with E-state index in [2.05, 4.69) is 0 Å². The van der Waals surface area contributed by atoms with Crippen LogP contribution < -0.4 is 9.47 Å². The molecule has 0 amide bonds. The van der Waals surface area contributed by atoms with Gasteiger partial charge in [-0.2, -0.15) is 0 Å². The van der Waals surface area contributed by atoms with E-state index in [-0.39, 0.29) is 5.78 Å². The van der Waals surface area contributed by atoms with Crippen LogP contribution in [-0.4, -0.2) is 25.3 Å². The summed E-state index contributed by atoms with van der Waals surface area (Å²) in [5.41, 5.74) is 1.30. The number of ether oxygens (including phenoxy) is 2. The van der Waals surface area contributed by atoms with E-state index in [4.69, 9.17) is 9.47 Å². The molecule has 1 aliphatic rings. The largest absolute Gasteiger partial charge is 0.486 e. The maximum Gasteiger partial charge on any atom is 0.193 e. The van der Waals surface area contributed by atoms with Crippen molar-refractivity contribution in [3.8, 4) is 11.5 Å². The first kappa shape index (κ1) is 13.1. The van der Waals surface area contributed by atoms with Crippen LogP contribution in [0.3, 0.4) is 0 Å². The fourth-order valence-electron chi connectivity index (χ4n) is 2.09. The highest BCUT2D eigenvalue weighted by molar-refractivity contribution is 7.98. The average Bonchev–Trinajstić information content (AvgIpc) is 2.54. The number of hydrogen-bond donors (Lipinski definition) is 0. The third-order valence-electron chi connectivity index (χ3n) is 3.16. The lowest BCUT2D eigenvalue weighted by atomic mass is 10.0. The first-order valence-corrected chi connectivity index (χ1v) is 7.59. The van der Waals surface area contributed by atoms with Crippen molar-refractivity contribution in [3.63, 3.8) is 0 Å². The molecule has 0 saturated carbocycles. The third kappa shape index (κ3) is 2.51. The van der Waals surface area contributed by atoms with E-state index in [9.17, 15) is 4.79 Å². The van der Waals surface area contributed by atoms with Crippen LogP contribution in [-0.2, 0) is 0 Å². The van der Waals surface area contributed by atoms with Crippen LogP contribution in [0.25, 0.3) is 0 Å². The predicted octanol–water partition coefficient (Wildman–Crippen LogP) is 3.41. The molecule has 0 bridgehead atoms. The molecule has 3 rings (SSSR count). The second kappa shape index (κ2) is 5.59. The quantitative estimate of drug-likeness (QED) is 0.640. The Labute approximate surface area is 121 Å². The highest BCUT2D eigenvalue weighted by Gasteiger charge is 2.15. The molecule has 4 heteroatoms. The van der Waals surface area contributed by atoms with Crippen LogP contribution in [0.15, 0.2) is 47.4 Å². The molecule has 3 nitrogen and oxygen atoms in total. The molecule has 1 aliphatic heterocycles. The lowest BCUT2D eigenvalue weighted by Gasteiger charge is -2.18. The maximum absolute atomic E-state index is 12.4. The van der Waals surface area contributed by atoms with Gasteiger partial charge in [-0.3, -0.25) is 4.79 Å². The number of carbonyl (C=O) groups is 1. The molecule has 0 spiro atoms. The van der Waals surface area contributed by atoms with Gasteiger partial charge < -0.3 is 9.47 Å². The highest BCUT2D eigenvalue weighted by Crippen LogP contribution is 2.31. The molecule has 0 N–H and O–H groups in total. The first-order valence-electron chi connectivity index (χ1n) is 6.36. The van der Waals surface area contributed by atoms with Gasteiger partial charge in [-0.05, 0) is 48.7 Å². The highest BCUT2D eigenvalue weighted by atomic mass is 32.2. The van der Waals surface area contributed by atoms with Gasteiger partial charge in [0.05, 0.1) is 0 Å². The van der Waals surface area contributed by atoms with Crippen molar-refractivity contribution in [1.29, 1.82) is 0 Å². The smallest absolute Gasteiger partial charge is 0.193 e. The van der Waals surface area contributed by atoms with Gasteiger partial charge in [0.25, 0.3) is 0 Å². The van der Waals surface area contributed by atoms with Gasteiger partial charge in [-0.25, -0.2) is 0 Å². The molecular weight excluding hydrogens is 272 g/mol. The van der Waals surface area contributed by atoms with Crippen molar-refractivity contribution in [1.82, 2.24) is 0 Å². The summed E-state index contributed by atoms with van der Waals surface area (Å²) in [5.74, 6) is 1.34. The molecule has 0 fully saturated rings. The molecular formula is C16H14O3S. The summed E-state index contributed by atoms with van der Waals surface area (Å²) in [7, 11) is 0. The van der Waals surface area contributed by atoms with E-state index in [0.717, 1.165) is 4.90 Å². The van der Waals surface area contributed by atoms with Crippen molar-refractivity contribution in [2.45, 2.75) is 4.90 Å².